The number of hydrogen-bond donors (Lipinski definition) is 1. The average molecular weight is 261 g/mol. The van der Waals surface area contributed by atoms with E-state index in [-0.39, 0.29) is 0 Å². The fourth-order valence-electron chi connectivity index (χ4n) is 2.00. The van der Waals surface area contributed by atoms with Crippen molar-refractivity contribution in [2.75, 3.05) is 0 Å². The van der Waals surface area contributed by atoms with Gasteiger partial charge >= 0.3 is 5.97 Å². The summed E-state index contributed by atoms with van der Waals surface area (Å²) in [6.07, 6.45) is 0.295. The van der Waals surface area contributed by atoms with Gasteiger partial charge in [-0.25, -0.2) is 4.79 Å². The van der Waals surface area contributed by atoms with Crippen molar-refractivity contribution in [3.05, 3.63) is 35.2 Å². The van der Waals surface area contributed by atoms with E-state index < -0.39 is 11.6 Å². The molecule has 0 spiro atoms. The minimum Gasteiger partial charge on any atom is -0.478 e. The maximum absolute atomic E-state index is 11.1. The average Bonchev–Trinajstić information content (AvgIpc) is 2.93. The number of carbonyl (C=O) groups is 1. The predicted octanol–water partition coefficient (Wildman–Crippen LogP) is 2.87. The molecule has 5 heteroatoms. The van der Waals surface area contributed by atoms with E-state index in [1.54, 1.807) is 18.3 Å². The zero-order chi connectivity index (χ0) is 12.8. The van der Waals surface area contributed by atoms with Crippen molar-refractivity contribution in [1.29, 1.82) is 0 Å². The predicted molar refractivity (Wildman–Crippen MR) is 70.1 cm³/mol. The van der Waals surface area contributed by atoms with Gasteiger partial charge in [0.25, 0.3) is 0 Å². The van der Waals surface area contributed by atoms with Crippen LogP contribution >= 0.6 is 11.3 Å². The first-order chi connectivity index (χ1) is 8.60. The van der Waals surface area contributed by atoms with E-state index in [2.05, 4.69) is 5.16 Å². The number of oxime groups is 1. The van der Waals surface area contributed by atoms with Crippen LogP contribution < -0.4 is 0 Å². The zero-order valence-electron chi connectivity index (χ0n) is 9.71. The Morgan fingerprint density at radius 3 is 3.00 bits per heavy atom. The molecule has 3 rings (SSSR count). The number of rotatable bonds is 2. The van der Waals surface area contributed by atoms with Gasteiger partial charge in [0.2, 0.25) is 5.60 Å². The molecular formula is C13H11NO3S. The van der Waals surface area contributed by atoms with Gasteiger partial charge in [0.05, 0.1) is 5.71 Å². The minimum atomic E-state index is -1.24. The Hall–Kier alpha value is -1.88. The third-order valence-corrected chi connectivity index (χ3v) is 4.07. The SMILES string of the molecule is CC1(C(=O)O)CC(c2csc3ccccc23)=NO1. The first kappa shape index (κ1) is 11.2. The number of benzene rings is 1. The number of fused-ring (bicyclic) bond motifs is 1. The highest BCUT2D eigenvalue weighted by atomic mass is 32.1. The lowest BCUT2D eigenvalue weighted by atomic mass is 9.96. The van der Waals surface area contributed by atoms with Crippen LogP contribution in [0.15, 0.2) is 34.8 Å². The summed E-state index contributed by atoms with van der Waals surface area (Å²) >= 11 is 1.63. The molecule has 1 atom stereocenters. The van der Waals surface area contributed by atoms with E-state index in [9.17, 15) is 4.79 Å². The molecule has 2 aromatic rings. The molecule has 0 aliphatic carbocycles. The van der Waals surface area contributed by atoms with Gasteiger partial charge in [0, 0.05) is 27.5 Å². The van der Waals surface area contributed by atoms with E-state index in [1.807, 2.05) is 29.6 Å². The summed E-state index contributed by atoms with van der Waals surface area (Å²) in [5, 5.41) is 16.1. The molecule has 1 aliphatic rings. The number of hydrogen-bond acceptors (Lipinski definition) is 4. The van der Waals surface area contributed by atoms with Gasteiger partial charge in [-0.2, -0.15) is 0 Å². The molecule has 0 saturated carbocycles. The van der Waals surface area contributed by atoms with Gasteiger partial charge in [0.15, 0.2) is 0 Å². The topological polar surface area (TPSA) is 58.9 Å². The number of nitrogens with zero attached hydrogens (tertiary/aromatic N) is 1. The van der Waals surface area contributed by atoms with Crippen LogP contribution in [0.25, 0.3) is 10.1 Å². The molecule has 18 heavy (non-hydrogen) atoms. The number of carboxylic acid groups (broad SMARTS) is 1. The Kier molecular flexibility index (Phi) is 2.38. The number of aliphatic carboxylic acids is 1. The van der Waals surface area contributed by atoms with Crippen molar-refractivity contribution in [3.63, 3.8) is 0 Å². The van der Waals surface area contributed by atoms with Crippen LogP contribution in [0.5, 0.6) is 0 Å². The monoisotopic (exact) mass is 261 g/mol. The summed E-state index contributed by atoms with van der Waals surface area (Å²) in [5.74, 6) is -0.985. The second-order valence-electron chi connectivity index (χ2n) is 4.49. The van der Waals surface area contributed by atoms with Crippen molar-refractivity contribution in [2.24, 2.45) is 5.16 Å². The summed E-state index contributed by atoms with van der Waals surface area (Å²) in [6, 6.07) is 8.00. The number of carboxylic acids is 1. The highest BCUT2D eigenvalue weighted by Gasteiger charge is 2.42. The highest BCUT2D eigenvalue weighted by molar-refractivity contribution is 7.17. The second kappa shape index (κ2) is 3.81. The first-order valence-electron chi connectivity index (χ1n) is 5.55. The summed E-state index contributed by atoms with van der Waals surface area (Å²) in [6.45, 7) is 1.54. The standard InChI is InChI=1S/C13H11NO3S/c1-13(12(15)16)6-10(14-17-13)9-7-18-11-5-3-2-4-8(9)11/h2-5,7H,6H2,1H3,(H,15,16). The molecule has 1 aromatic carbocycles. The maximum Gasteiger partial charge on any atom is 0.351 e. The van der Waals surface area contributed by atoms with Crippen molar-refractivity contribution >= 4 is 33.1 Å². The van der Waals surface area contributed by atoms with E-state index in [0.717, 1.165) is 10.9 Å². The number of thiophene rings is 1. The van der Waals surface area contributed by atoms with Crippen LogP contribution in [0, 0.1) is 0 Å². The second-order valence-corrected chi connectivity index (χ2v) is 5.40. The largest absolute Gasteiger partial charge is 0.478 e. The van der Waals surface area contributed by atoms with Gasteiger partial charge in [-0.05, 0) is 13.0 Å². The van der Waals surface area contributed by atoms with Gasteiger partial charge in [-0.15, -0.1) is 11.3 Å². The maximum atomic E-state index is 11.1. The van der Waals surface area contributed by atoms with Crippen molar-refractivity contribution < 1.29 is 14.7 Å². The van der Waals surface area contributed by atoms with Crippen LogP contribution in [0.4, 0.5) is 0 Å². The molecule has 0 radical (unpaired) electrons. The Morgan fingerprint density at radius 2 is 2.28 bits per heavy atom. The Bertz CT molecular complexity index is 661. The molecule has 0 saturated heterocycles. The Labute approximate surface area is 107 Å². The third kappa shape index (κ3) is 1.59. The first-order valence-corrected chi connectivity index (χ1v) is 6.43. The molecule has 1 unspecified atom stereocenters. The normalized spacial score (nSPS) is 22.8. The molecule has 1 aliphatic heterocycles. The summed E-state index contributed by atoms with van der Waals surface area (Å²) in [5.41, 5.74) is 0.441. The molecule has 0 amide bonds. The van der Waals surface area contributed by atoms with Crippen molar-refractivity contribution in [1.82, 2.24) is 0 Å². The van der Waals surface area contributed by atoms with Crippen LogP contribution in [0.2, 0.25) is 0 Å². The lowest BCUT2D eigenvalue weighted by Gasteiger charge is -2.14. The van der Waals surface area contributed by atoms with Crippen LogP contribution in [0.1, 0.15) is 18.9 Å². The van der Waals surface area contributed by atoms with Crippen molar-refractivity contribution in [3.8, 4) is 0 Å². The van der Waals surface area contributed by atoms with Gasteiger partial charge in [-0.1, -0.05) is 23.4 Å². The fraction of sp³-hybridized carbons (Fsp3) is 0.231. The zero-order valence-corrected chi connectivity index (χ0v) is 10.5. The molecule has 1 N–H and O–H groups in total. The summed E-state index contributed by atoms with van der Waals surface area (Å²) in [7, 11) is 0. The molecule has 0 fully saturated rings. The lowest BCUT2D eigenvalue weighted by Crippen LogP contribution is -2.35. The fourth-order valence-corrected chi connectivity index (χ4v) is 2.97. The van der Waals surface area contributed by atoms with Crippen LogP contribution in [0.3, 0.4) is 0 Å². The van der Waals surface area contributed by atoms with E-state index in [0.29, 0.717) is 12.1 Å². The van der Waals surface area contributed by atoms with Crippen molar-refractivity contribution in [2.45, 2.75) is 18.9 Å². The molecule has 92 valence electrons. The summed E-state index contributed by atoms with van der Waals surface area (Å²) in [4.78, 5) is 16.2. The minimum absolute atomic E-state index is 0.295. The Balaban J connectivity index is 2.00. The van der Waals surface area contributed by atoms with Gasteiger partial charge < -0.3 is 9.94 Å². The smallest absolute Gasteiger partial charge is 0.351 e. The quantitative estimate of drug-likeness (QED) is 0.904. The van der Waals surface area contributed by atoms with Gasteiger partial charge in [-0.3, -0.25) is 0 Å². The van der Waals surface area contributed by atoms with Gasteiger partial charge in [0.1, 0.15) is 0 Å². The lowest BCUT2D eigenvalue weighted by molar-refractivity contribution is -0.160. The van der Waals surface area contributed by atoms with E-state index in [4.69, 9.17) is 9.94 Å². The molecule has 4 nitrogen and oxygen atoms in total. The van der Waals surface area contributed by atoms with E-state index >= 15 is 0 Å². The third-order valence-electron chi connectivity index (χ3n) is 3.11. The summed E-state index contributed by atoms with van der Waals surface area (Å²) < 4.78 is 1.17. The molecular weight excluding hydrogens is 250 g/mol. The molecule has 1 aromatic heterocycles. The van der Waals surface area contributed by atoms with Crippen LogP contribution in [-0.4, -0.2) is 22.4 Å². The van der Waals surface area contributed by atoms with E-state index in [1.165, 1.54) is 4.70 Å². The molecule has 2 heterocycles. The highest BCUT2D eigenvalue weighted by Crippen LogP contribution is 2.32. The Morgan fingerprint density at radius 1 is 1.50 bits per heavy atom. The molecule has 0 bridgehead atoms. The van der Waals surface area contributed by atoms with Crippen LogP contribution in [-0.2, 0) is 9.63 Å².